The number of pyridine rings is 1. The molecule has 1 heterocycles. The molecule has 20 heavy (non-hydrogen) atoms. The summed E-state index contributed by atoms with van der Waals surface area (Å²) in [7, 11) is 0. The van der Waals surface area contributed by atoms with Crippen LogP contribution in [0, 0.1) is 0 Å². The molecule has 0 saturated heterocycles. The number of hydrogen-bond acceptors (Lipinski definition) is 1. The van der Waals surface area contributed by atoms with E-state index in [-0.39, 0.29) is 0 Å². The maximum absolute atomic E-state index is 4.36. The average Bonchev–Trinajstić information content (AvgIpc) is 2.52. The second kappa shape index (κ2) is 9.30. The SMILES string of the molecule is c1ccc(CCCCCCCCc2ccccn2)cc1. The van der Waals surface area contributed by atoms with Gasteiger partial charge in [0.1, 0.15) is 0 Å². The first kappa shape index (κ1) is 14.8. The molecule has 0 bridgehead atoms. The zero-order valence-electron chi connectivity index (χ0n) is 12.3. The van der Waals surface area contributed by atoms with Crippen LogP contribution in [0.5, 0.6) is 0 Å². The standard InChI is InChI=1S/C19H25N/c1(3-6-12-18-13-7-5-8-14-18)2-4-9-15-19-16-10-11-17-20-19/h5,7-8,10-11,13-14,16-17H,1-4,6,9,12,15H2. The van der Waals surface area contributed by atoms with Gasteiger partial charge in [-0.1, -0.05) is 62.1 Å². The van der Waals surface area contributed by atoms with Gasteiger partial charge in [0.05, 0.1) is 0 Å². The number of benzene rings is 1. The van der Waals surface area contributed by atoms with Crippen LogP contribution in [0.1, 0.15) is 49.8 Å². The van der Waals surface area contributed by atoms with Gasteiger partial charge < -0.3 is 0 Å². The molecule has 0 unspecified atom stereocenters. The van der Waals surface area contributed by atoms with E-state index in [4.69, 9.17) is 0 Å². The third-order valence-corrected chi connectivity index (χ3v) is 3.72. The van der Waals surface area contributed by atoms with Crippen LogP contribution in [0.25, 0.3) is 0 Å². The first-order valence-electron chi connectivity index (χ1n) is 7.89. The summed E-state index contributed by atoms with van der Waals surface area (Å²) < 4.78 is 0. The predicted octanol–water partition coefficient (Wildman–Crippen LogP) is 5.21. The normalized spacial score (nSPS) is 10.6. The lowest BCUT2D eigenvalue weighted by Gasteiger charge is -2.03. The van der Waals surface area contributed by atoms with Gasteiger partial charge >= 0.3 is 0 Å². The minimum absolute atomic E-state index is 1.13. The number of hydrogen-bond donors (Lipinski definition) is 0. The number of aryl methyl sites for hydroxylation is 2. The van der Waals surface area contributed by atoms with Crippen molar-refractivity contribution in [2.75, 3.05) is 0 Å². The highest BCUT2D eigenvalue weighted by molar-refractivity contribution is 5.14. The van der Waals surface area contributed by atoms with Gasteiger partial charge in [0, 0.05) is 11.9 Å². The highest BCUT2D eigenvalue weighted by Gasteiger charge is 1.95. The number of aromatic nitrogens is 1. The molecule has 0 aliphatic rings. The largest absolute Gasteiger partial charge is 0.261 e. The molecular formula is C19H25N. The highest BCUT2D eigenvalue weighted by Crippen LogP contribution is 2.11. The number of unbranched alkanes of at least 4 members (excludes halogenated alkanes) is 5. The topological polar surface area (TPSA) is 12.9 Å². The zero-order chi connectivity index (χ0) is 13.9. The fourth-order valence-corrected chi connectivity index (χ4v) is 2.53. The Bertz CT molecular complexity index is 404. The van der Waals surface area contributed by atoms with Crippen LogP contribution in [0.2, 0.25) is 0 Å². The van der Waals surface area contributed by atoms with Crippen LogP contribution in [0.4, 0.5) is 0 Å². The Morgan fingerprint density at radius 3 is 1.95 bits per heavy atom. The van der Waals surface area contributed by atoms with E-state index in [2.05, 4.69) is 47.4 Å². The zero-order valence-corrected chi connectivity index (χ0v) is 12.3. The van der Waals surface area contributed by atoms with E-state index < -0.39 is 0 Å². The van der Waals surface area contributed by atoms with E-state index in [1.807, 2.05) is 12.3 Å². The van der Waals surface area contributed by atoms with Gasteiger partial charge in [-0.25, -0.2) is 0 Å². The van der Waals surface area contributed by atoms with Gasteiger partial charge in [0.2, 0.25) is 0 Å². The van der Waals surface area contributed by atoms with Crippen LogP contribution in [0.3, 0.4) is 0 Å². The molecule has 0 N–H and O–H groups in total. The third kappa shape index (κ3) is 6.01. The molecule has 0 saturated carbocycles. The van der Waals surface area contributed by atoms with E-state index in [0.717, 1.165) is 6.42 Å². The van der Waals surface area contributed by atoms with E-state index in [9.17, 15) is 0 Å². The van der Waals surface area contributed by atoms with Crippen molar-refractivity contribution < 1.29 is 0 Å². The molecule has 0 atom stereocenters. The lowest BCUT2D eigenvalue weighted by atomic mass is 10.0. The average molecular weight is 267 g/mol. The molecule has 0 amide bonds. The summed E-state index contributed by atoms with van der Waals surface area (Å²) in [4.78, 5) is 4.36. The van der Waals surface area contributed by atoms with Crippen molar-refractivity contribution in [3.63, 3.8) is 0 Å². The van der Waals surface area contributed by atoms with E-state index in [1.54, 1.807) is 0 Å². The van der Waals surface area contributed by atoms with E-state index in [0.29, 0.717) is 0 Å². The van der Waals surface area contributed by atoms with Gasteiger partial charge in [-0.3, -0.25) is 4.98 Å². The fourth-order valence-electron chi connectivity index (χ4n) is 2.53. The van der Waals surface area contributed by atoms with Crippen molar-refractivity contribution in [1.29, 1.82) is 0 Å². The van der Waals surface area contributed by atoms with Crippen molar-refractivity contribution in [3.05, 3.63) is 66.0 Å². The van der Waals surface area contributed by atoms with Crippen molar-refractivity contribution >= 4 is 0 Å². The maximum Gasteiger partial charge on any atom is 0.0403 e. The van der Waals surface area contributed by atoms with Crippen molar-refractivity contribution in [2.45, 2.75) is 51.4 Å². The Balaban J connectivity index is 1.44. The van der Waals surface area contributed by atoms with Gasteiger partial charge in [-0.15, -0.1) is 0 Å². The Hall–Kier alpha value is -1.63. The first-order valence-corrected chi connectivity index (χ1v) is 7.89. The van der Waals surface area contributed by atoms with Crippen LogP contribution in [-0.2, 0) is 12.8 Å². The molecule has 1 aromatic heterocycles. The summed E-state index contributed by atoms with van der Waals surface area (Å²) >= 11 is 0. The Morgan fingerprint density at radius 1 is 0.600 bits per heavy atom. The Morgan fingerprint density at radius 2 is 1.25 bits per heavy atom. The molecule has 0 fully saturated rings. The minimum atomic E-state index is 1.13. The molecule has 2 aromatic rings. The predicted molar refractivity (Wildman–Crippen MR) is 85.8 cm³/mol. The second-order valence-corrected chi connectivity index (χ2v) is 5.43. The lowest BCUT2D eigenvalue weighted by molar-refractivity contribution is 0.591. The summed E-state index contributed by atoms with van der Waals surface area (Å²) in [5.74, 6) is 0. The van der Waals surface area contributed by atoms with Crippen LogP contribution < -0.4 is 0 Å². The molecule has 0 radical (unpaired) electrons. The van der Waals surface area contributed by atoms with Crippen molar-refractivity contribution in [1.82, 2.24) is 4.98 Å². The maximum atomic E-state index is 4.36. The van der Waals surface area contributed by atoms with Crippen LogP contribution in [0.15, 0.2) is 54.7 Å². The number of nitrogens with zero attached hydrogens (tertiary/aromatic N) is 1. The number of rotatable bonds is 9. The summed E-state index contributed by atoms with van der Waals surface area (Å²) in [5.41, 5.74) is 2.71. The molecule has 106 valence electrons. The quantitative estimate of drug-likeness (QED) is 0.568. The molecule has 1 aromatic carbocycles. The van der Waals surface area contributed by atoms with Gasteiger partial charge in [0.15, 0.2) is 0 Å². The Labute approximate surface area is 123 Å². The second-order valence-electron chi connectivity index (χ2n) is 5.43. The van der Waals surface area contributed by atoms with Crippen LogP contribution in [-0.4, -0.2) is 4.98 Å². The minimum Gasteiger partial charge on any atom is -0.261 e. The summed E-state index contributed by atoms with van der Waals surface area (Å²) in [6.07, 6.45) is 12.3. The fraction of sp³-hybridized carbons (Fsp3) is 0.421. The van der Waals surface area contributed by atoms with Gasteiger partial charge in [-0.2, -0.15) is 0 Å². The highest BCUT2D eigenvalue weighted by atomic mass is 14.7. The van der Waals surface area contributed by atoms with Gasteiger partial charge in [-0.05, 0) is 43.4 Å². The summed E-state index contributed by atoms with van der Waals surface area (Å²) in [6.45, 7) is 0. The van der Waals surface area contributed by atoms with E-state index in [1.165, 1.54) is 56.2 Å². The first-order chi connectivity index (χ1) is 9.95. The molecular weight excluding hydrogens is 242 g/mol. The molecule has 0 spiro atoms. The molecule has 1 heteroatoms. The molecule has 2 rings (SSSR count). The molecule has 0 aliphatic carbocycles. The van der Waals surface area contributed by atoms with Gasteiger partial charge in [0.25, 0.3) is 0 Å². The lowest BCUT2D eigenvalue weighted by Crippen LogP contribution is -1.89. The van der Waals surface area contributed by atoms with Crippen molar-refractivity contribution in [2.24, 2.45) is 0 Å². The van der Waals surface area contributed by atoms with Crippen LogP contribution >= 0.6 is 0 Å². The molecule has 0 aliphatic heterocycles. The van der Waals surface area contributed by atoms with E-state index >= 15 is 0 Å². The van der Waals surface area contributed by atoms with Crippen molar-refractivity contribution in [3.8, 4) is 0 Å². The smallest absolute Gasteiger partial charge is 0.0403 e. The molecule has 1 nitrogen and oxygen atoms in total. The summed E-state index contributed by atoms with van der Waals surface area (Å²) in [6, 6.07) is 17.0. The monoisotopic (exact) mass is 267 g/mol. The third-order valence-electron chi connectivity index (χ3n) is 3.72. The Kier molecular flexibility index (Phi) is 6.87. The summed E-state index contributed by atoms with van der Waals surface area (Å²) in [5, 5.41) is 0.